The maximum absolute atomic E-state index is 12.8. The quantitative estimate of drug-likeness (QED) is 0.373. The highest BCUT2D eigenvalue weighted by Gasteiger charge is 2.22. The molecule has 0 saturated carbocycles. The Bertz CT molecular complexity index is 1300. The predicted molar refractivity (Wildman–Crippen MR) is 131 cm³/mol. The highest BCUT2D eigenvalue weighted by molar-refractivity contribution is 5.73. The van der Waals surface area contributed by atoms with E-state index in [-0.39, 0.29) is 11.6 Å². The highest BCUT2D eigenvalue weighted by Crippen LogP contribution is 2.28. The normalized spacial score (nSPS) is 13.1. The van der Waals surface area contributed by atoms with Crippen LogP contribution in [0, 0.1) is 0 Å². The van der Waals surface area contributed by atoms with Crippen LogP contribution in [0.1, 0.15) is 42.8 Å². The highest BCUT2D eigenvalue weighted by atomic mass is 16.5. The summed E-state index contributed by atoms with van der Waals surface area (Å²) in [6.45, 7) is 1.75. The standard InChI is InChI=1S/C26H30N4O4/c1-17(31)21(11-7-10-18-8-5-4-6-9-18)30-25-20(16-27-30)26(32)29-24(28-25)15-19-12-13-22(33-2)23(14-19)34-3/h4-6,8-9,12-14,16-17,21,31H,7,10-11,15H2,1-3H3,(H,28,29,32). The van der Waals surface area contributed by atoms with Crippen LogP contribution in [0.25, 0.3) is 11.0 Å². The Morgan fingerprint density at radius 1 is 1.06 bits per heavy atom. The minimum Gasteiger partial charge on any atom is -0.493 e. The summed E-state index contributed by atoms with van der Waals surface area (Å²) in [5.74, 6) is 1.76. The van der Waals surface area contributed by atoms with Gasteiger partial charge in [-0.05, 0) is 49.4 Å². The molecule has 4 aromatic rings. The molecule has 8 nitrogen and oxygen atoms in total. The van der Waals surface area contributed by atoms with Crippen molar-refractivity contribution in [3.63, 3.8) is 0 Å². The smallest absolute Gasteiger partial charge is 0.262 e. The monoisotopic (exact) mass is 462 g/mol. The second-order valence-corrected chi connectivity index (χ2v) is 8.39. The average Bonchev–Trinajstić information content (AvgIpc) is 3.26. The van der Waals surface area contributed by atoms with E-state index in [2.05, 4.69) is 22.2 Å². The molecule has 178 valence electrons. The number of benzene rings is 2. The summed E-state index contributed by atoms with van der Waals surface area (Å²) >= 11 is 0. The number of hydrogen-bond acceptors (Lipinski definition) is 6. The van der Waals surface area contributed by atoms with E-state index >= 15 is 0 Å². The maximum Gasteiger partial charge on any atom is 0.262 e. The molecule has 0 radical (unpaired) electrons. The fourth-order valence-electron chi connectivity index (χ4n) is 4.22. The number of fused-ring (bicyclic) bond motifs is 1. The Morgan fingerprint density at radius 2 is 1.82 bits per heavy atom. The lowest BCUT2D eigenvalue weighted by molar-refractivity contribution is 0.118. The molecule has 2 N–H and O–H groups in total. The number of rotatable bonds is 10. The van der Waals surface area contributed by atoms with Gasteiger partial charge in [0, 0.05) is 6.42 Å². The van der Waals surface area contributed by atoms with Crippen molar-refractivity contribution >= 4 is 11.0 Å². The zero-order valence-corrected chi connectivity index (χ0v) is 19.7. The lowest BCUT2D eigenvalue weighted by Crippen LogP contribution is -2.24. The fraction of sp³-hybridized carbons (Fsp3) is 0.346. The minimum absolute atomic E-state index is 0.250. The zero-order valence-electron chi connectivity index (χ0n) is 19.7. The summed E-state index contributed by atoms with van der Waals surface area (Å²) in [6, 6.07) is 15.6. The first kappa shape index (κ1) is 23.5. The lowest BCUT2D eigenvalue weighted by atomic mass is 10.0. The number of nitrogens with zero attached hydrogens (tertiary/aromatic N) is 3. The molecule has 0 spiro atoms. The predicted octanol–water partition coefficient (Wildman–Crippen LogP) is 3.67. The number of H-pyrrole nitrogens is 1. The van der Waals surface area contributed by atoms with Crippen molar-refractivity contribution in [3.8, 4) is 11.5 Å². The maximum atomic E-state index is 12.8. The average molecular weight is 463 g/mol. The third kappa shape index (κ3) is 5.12. The molecule has 2 aromatic carbocycles. The summed E-state index contributed by atoms with van der Waals surface area (Å²) in [7, 11) is 3.17. The first-order valence-corrected chi connectivity index (χ1v) is 11.4. The van der Waals surface area contributed by atoms with Gasteiger partial charge in [-0.15, -0.1) is 0 Å². The zero-order chi connectivity index (χ0) is 24.1. The summed E-state index contributed by atoms with van der Waals surface area (Å²) in [5, 5.41) is 15.4. The van der Waals surface area contributed by atoms with Crippen molar-refractivity contribution in [2.75, 3.05) is 14.2 Å². The summed E-state index contributed by atoms with van der Waals surface area (Å²) < 4.78 is 12.4. The SMILES string of the molecule is COc1ccc(Cc2nc3c(cnn3C(CCCc3ccccc3)C(C)O)c(=O)[nH]2)cc1OC. The first-order valence-electron chi connectivity index (χ1n) is 11.4. The van der Waals surface area contributed by atoms with E-state index in [9.17, 15) is 9.90 Å². The summed E-state index contributed by atoms with van der Waals surface area (Å²) in [4.78, 5) is 20.3. The van der Waals surface area contributed by atoms with Gasteiger partial charge in [0.1, 0.15) is 11.2 Å². The molecule has 4 rings (SSSR count). The number of aliphatic hydroxyl groups excluding tert-OH is 1. The molecule has 2 atom stereocenters. The van der Waals surface area contributed by atoms with Gasteiger partial charge >= 0.3 is 0 Å². The number of ether oxygens (including phenoxy) is 2. The van der Waals surface area contributed by atoms with Gasteiger partial charge in [0.25, 0.3) is 5.56 Å². The van der Waals surface area contributed by atoms with Gasteiger partial charge in [0.05, 0.1) is 32.6 Å². The van der Waals surface area contributed by atoms with E-state index in [0.717, 1.165) is 18.4 Å². The molecule has 8 heteroatoms. The lowest BCUT2D eigenvalue weighted by Gasteiger charge is -2.21. The third-order valence-corrected chi connectivity index (χ3v) is 6.01. The number of aliphatic hydroxyl groups is 1. The number of aryl methyl sites for hydroxylation is 1. The molecule has 0 fully saturated rings. The second-order valence-electron chi connectivity index (χ2n) is 8.39. The van der Waals surface area contributed by atoms with Crippen LogP contribution in [-0.4, -0.2) is 45.2 Å². The largest absolute Gasteiger partial charge is 0.493 e. The number of methoxy groups -OCH3 is 2. The summed E-state index contributed by atoms with van der Waals surface area (Å²) in [6.07, 6.45) is 3.78. The van der Waals surface area contributed by atoms with Crippen molar-refractivity contribution in [2.24, 2.45) is 0 Å². The molecule has 2 aromatic heterocycles. The van der Waals surface area contributed by atoms with E-state index < -0.39 is 6.10 Å². The van der Waals surface area contributed by atoms with Crippen LogP contribution < -0.4 is 15.0 Å². The number of aromatic nitrogens is 4. The van der Waals surface area contributed by atoms with Gasteiger partial charge in [-0.1, -0.05) is 36.4 Å². The van der Waals surface area contributed by atoms with E-state index in [1.165, 1.54) is 11.8 Å². The van der Waals surface area contributed by atoms with Gasteiger partial charge in [0.2, 0.25) is 0 Å². The van der Waals surface area contributed by atoms with E-state index in [1.807, 2.05) is 36.4 Å². The van der Waals surface area contributed by atoms with Gasteiger partial charge in [-0.25, -0.2) is 9.67 Å². The van der Waals surface area contributed by atoms with Crippen molar-refractivity contribution < 1.29 is 14.6 Å². The Kier molecular flexibility index (Phi) is 7.27. The minimum atomic E-state index is -0.644. The Hall–Kier alpha value is -3.65. The molecule has 0 aliphatic rings. The van der Waals surface area contributed by atoms with Crippen LogP contribution in [0.4, 0.5) is 0 Å². The molecular formula is C26H30N4O4. The number of hydrogen-bond donors (Lipinski definition) is 2. The molecule has 0 aliphatic carbocycles. The second kappa shape index (κ2) is 10.5. The molecule has 34 heavy (non-hydrogen) atoms. The van der Waals surface area contributed by atoms with Crippen molar-refractivity contribution in [1.29, 1.82) is 0 Å². The molecule has 0 amide bonds. The van der Waals surface area contributed by atoms with E-state index in [4.69, 9.17) is 14.5 Å². The van der Waals surface area contributed by atoms with Crippen molar-refractivity contribution in [2.45, 2.75) is 44.8 Å². The molecule has 2 heterocycles. The Labute approximate surface area is 198 Å². The fourth-order valence-corrected chi connectivity index (χ4v) is 4.22. The van der Waals surface area contributed by atoms with Crippen LogP contribution in [0.2, 0.25) is 0 Å². The van der Waals surface area contributed by atoms with Gasteiger partial charge < -0.3 is 19.6 Å². The van der Waals surface area contributed by atoms with Crippen LogP contribution in [0.5, 0.6) is 11.5 Å². The van der Waals surface area contributed by atoms with Crippen molar-refractivity contribution in [1.82, 2.24) is 19.7 Å². The van der Waals surface area contributed by atoms with Crippen molar-refractivity contribution in [3.05, 3.63) is 82.0 Å². The van der Waals surface area contributed by atoms with Gasteiger partial charge in [-0.3, -0.25) is 4.79 Å². The molecular weight excluding hydrogens is 432 g/mol. The topological polar surface area (TPSA) is 102 Å². The van der Waals surface area contributed by atoms with E-state index in [0.29, 0.717) is 41.2 Å². The van der Waals surface area contributed by atoms with Crippen LogP contribution >= 0.6 is 0 Å². The first-order chi connectivity index (χ1) is 16.5. The van der Waals surface area contributed by atoms with E-state index in [1.54, 1.807) is 25.8 Å². The number of nitrogens with one attached hydrogen (secondary N) is 1. The summed E-state index contributed by atoms with van der Waals surface area (Å²) in [5.41, 5.74) is 2.40. The Morgan fingerprint density at radius 3 is 2.53 bits per heavy atom. The van der Waals surface area contributed by atoms with Crippen LogP contribution in [0.15, 0.2) is 59.5 Å². The molecule has 2 unspecified atom stereocenters. The third-order valence-electron chi connectivity index (χ3n) is 6.01. The number of aromatic amines is 1. The van der Waals surface area contributed by atoms with Crippen LogP contribution in [0.3, 0.4) is 0 Å². The van der Waals surface area contributed by atoms with Gasteiger partial charge in [-0.2, -0.15) is 5.10 Å². The molecule has 0 saturated heterocycles. The Balaban J connectivity index is 1.60. The molecule has 0 aliphatic heterocycles. The van der Waals surface area contributed by atoms with Gasteiger partial charge in [0.15, 0.2) is 17.1 Å². The van der Waals surface area contributed by atoms with Crippen LogP contribution in [-0.2, 0) is 12.8 Å². The molecule has 0 bridgehead atoms.